The average molecular weight is 365 g/mol. The molecule has 0 amide bonds. The van der Waals surface area contributed by atoms with E-state index in [4.69, 9.17) is 0 Å². The highest BCUT2D eigenvalue weighted by Gasteiger charge is 2.40. The molecule has 3 nitrogen and oxygen atoms in total. The minimum absolute atomic E-state index is 0.385. The molecule has 0 aromatic heterocycles. The van der Waals surface area contributed by atoms with Crippen LogP contribution in [0.1, 0.15) is 44.6 Å². The summed E-state index contributed by atoms with van der Waals surface area (Å²) in [5, 5.41) is 3.62. The largest absolute Gasteiger partial charge is 0.373 e. The van der Waals surface area contributed by atoms with Gasteiger partial charge in [-0.15, -0.1) is 0 Å². The summed E-state index contributed by atoms with van der Waals surface area (Å²) >= 11 is 0. The third kappa shape index (κ3) is 5.43. The summed E-state index contributed by atoms with van der Waals surface area (Å²) in [4.78, 5) is 15.6. The first-order chi connectivity index (χ1) is 13.2. The van der Waals surface area contributed by atoms with Gasteiger partial charge in [-0.05, 0) is 43.4 Å². The van der Waals surface area contributed by atoms with E-state index in [1.807, 2.05) is 18.2 Å². The number of hydrogen-bond acceptors (Lipinski definition) is 3. The van der Waals surface area contributed by atoms with Crippen molar-refractivity contribution >= 4 is 11.5 Å². The fourth-order valence-electron chi connectivity index (χ4n) is 3.94. The van der Waals surface area contributed by atoms with E-state index in [0.717, 1.165) is 57.4 Å². The van der Waals surface area contributed by atoms with Gasteiger partial charge in [0.25, 0.3) is 0 Å². The normalized spacial score (nSPS) is 16.8. The lowest BCUT2D eigenvalue weighted by Crippen LogP contribution is -2.54. The number of nitrogens with one attached hydrogen (secondary N) is 1. The van der Waals surface area contributed by atoms with Crippen LogP contribution >= 0.6 is 0 Å². The van der Waals surface area contributed by atoms with Gasteiger partial charge in [0, 0.05) is 31.7 Å². The van der Waals surface area contributed by atoms with Crippen LogP contribution < -0.4 is 5.32 Å². The number of likely N-dealkylation sites (tertiary alicyclic amines) is 1. The Kier molecular flexibility index (Phi) is 7.05. The second-order valence-electron chi connectivity index (χ2n) is 7.68. The van der Waals surface area contributed by atoms with Gasteiger partial charge in [-0.2, -0.15) is 0 Å². The number of piperidine rings is 1. The van der Waals surface area contributed by atoms with Crippen molar-refractivity contribution in [3.05, 3.63) is 66.2 Å². The van der Waals surface area contributed by atoms with Crippen molar-refractivity contribution in [3.8, 4) is 0 Å². The number of unbranched alkanes of at least 4 members (excludes halogenated alkanes) is 1. The predicted molar refractivity (Wildman–Crippen MR) is 113 cm³/mol. The van der Waals surface area contributed by atoms with E-state index in [2.05, 4.69) is 59.6 Å². The molecule has 27 heavy (non-hydrogen) atoms. The quantitative estimate of drug-likeness (QED) is 0.684. The molecule has 2 aromatic carbocycles. The van der Waals surface area contributed by atoms with Crippen molar-refractivity contribution in [2.24, 2.45) is 0 Å². The Labute approximate surface area is 163 Å². The van der Waals surface area contributed by atoms with Crippen molar-refractivity contribution < 1.29 is 4.79 Å². The Bertz CT molecular complexity index is 691. The van der Waals surface area contributed by atoms with Crippen molar-refractivity contribution in [1.82, 2.24) is 4.90 Å². The first kappa shape index (κ1) is 19.6. The molecule has 0 unspecified atom stereocenters. The van der Waals surface area contributed by atoms with Gasteiger partial charge in [0.05, 0.1) is 5.54 Å². The second-order valence-corrected chi connectivity index (χ2v) is 7.68. The molecule has 1 fully saturated rings. The molecule has 3 heteroatoms. The number of nitrogens with zero attached hydrogens (tertiary/aromatic N) is 1. The molecule has 1 aliphatic heterocycles. The summed E-state index contributed by atoms with van der Waals surface area (Å²) in [6.45, 7) is 5.17. The Morgan fingerprint density at radius 3 is 2.26 bits per heavy atom. The maximum absolute atomic E-state index is 13.1. The van der Waals surface area contributed by atoms with Crippen molar-refractivity contribution in [3.63, 3.8) is 0 Å². The number of rotatable bonds is 9. The number of Topliss-reactive ketones (excluding diaryl/α,β-unsaturated/α-hetero) is 1. The fourth-order valence-corrected chi connectivity index (χ4v) is 3.94. The average Bonchev–Trinajstić information content (AvgIpc) is 2.73. The van der Waals surface area contributed by atoms with Crippen LogP contribution in [0, 0.1) is 0 Å². The molecule has 144 valence electrons. The molecule has 0 saturated carbocycles. The predicted octanol–water partition coefficient (Wildman–Crippen LogP) is 4.94. The van der Waals surface area contributed by atoms with E-state index in [0.29, 0.717) is 12.2 Å². The van der Waals surface area contributed by atoms with Crippen LogP contribution in [0.15, 0.2) is 60.7 Å². The molecule has 1 saturated heterocycles. The summed E-state index contributed by atoms with van der Waals surface area (Å²) in [6.07, 6.45) is 5.58. The Morgan fingerprint density at radius 1 is 1.00 bits per heavy atom. The molecular weight excluding hydrogens is 332 g/mol. The maximum atomic E-state index is 13.1. The van der Waals surface area contributed by atoms with Gasteiger partial charge >= 0.3 is 0 Å². The van der Waals surface area contributed by atoms with Crippen LogP contribution in [0.4, 0.5) is 5.69 Å². The van der Waals surface area contributed by atoms with Gasteiger partial charge in [0.1, 0.15) is 0 Å². The number of hydrogen-bond donors (Lipinski definition) is 1. The number of carbonyl (C=O) groups excluding carboxylic acids is 1. The SMILES string of the molecule is CCCCC(=O)C1(Nc2ccccc2)CCN(CCc2ccccc2)CC1. The summed E-state index contributed by atoms with van der Waals surface area (Å²) in [5.41, 5.74) is 2.04. The number of ketones is 1. The topological polar surface area (TPSA) is 32.3 Å². The van der Waals surface area contributed by atoms with Gasteiger partial charge in [-0.25, -0.2) is 0 Å². The molecule has 0 radical (unpaired) electrons. The lowest BCUT2D eigenvalue weighted by Gasteiger charge is -2.42. The summed E-state index contributed by atoms with van der Waals surface area (Å²) in [5.74, 6) is 0.385. The number of carbonyl (C=O) groups is 1. The molecule has 2 aromatic rings. The van der Waals surface area contributed by atoms with Crippen LogP contribution in [-0.4, -0.2) is 35.9 Å². The monoisotopic (exact) mass is 364 g/mol. The minimum Gasteiger partial charge on any atom is -0.373 e. The van der Waals surface area contributed by atoms with E-state index in [1.165, 1.54) is 5.56 Å². The van der Waals surface area contributed by atoms with E-state index < -0.39 is 5.54 Å². The van der Waals surface area contributed by atoms with E-state index in [-0.39, 0.29) is 0 Å². The maximum Gasteiger partial charge on any atom is 0.158 e. The van der Waals surface area contributed by atoms with E-state index >= 15 is 0 Å². The van der Waals surface area contributed by atoms with Crippen LogP contribution in [0.5, 0.6) is 0 Å². The molecular formula is C24H32N2O. The number of anilines is 1. The third-order valence-corrected chi connectivity index (χ3v) is 5.72. The first-order valence-electron chi connectivity index (χ1n) is 10.3. The van der Waals surface area contributed by atoms with Gasteiger partial charge in [-0.1, -0.05) is 61.9 Å². The molecule has 0 aliphatic carbocycles. The minimum atomic E-state index is -0.403. The zero-order valence-electron chi connectivity index (χ0n) is 16.5. The smallest absolute Gasteiger partial charge is 0.158 e. The van der Waals surface area contributed by atoms with Gasteiger partial charge in [0.2, 0.25) is 0 Å². The molecule has 0 atom stereocenters. The van der Waals surface area contributed by atoms with Crippen LogP contribution in [0.3, 0.4) is 0 Å². The highest BCUT2D eigenvalue weighted by atomic mass is 16.1. The molecule has 1 heterocycles. The molecule has 1 aliphatic rings. The standard InChI is InChI=1S/C24H32N2O/c1-2-3-14-23(27)24(25-22-12-8-5-9-13-22)16-19-26(20-17-24)18-15-21-10-6-4-7-11-21/h4-13,25H,2-3,14-20H2,1H3. The first-order valence-corrected chi connectivity index (χ1v) is 10.3. The van der Waals surface area contributed by atoms with Crippen LogP contribution in [0.2, 0.25) is 0 Å². The van der Waals surface area contributed by atoms with Crippen molar-refractivity contribution in [2.75, 3.05) is 25.0 Å². The number of benzene rings is 2. The Balaban J connectivity index is 1.62. The second kappa shape index (κ2) is 9.70. The molecule has 0 spiro atoms. The highest BCUT2D eigenvalue weighted by Crippen LogP contribution is 2.30. The molecule has 0 bridgehead atoms. The van der Waals surface area contributed by atoms with E-state index in [1.54, 1.807) is 0 Å². The highest BCUT2D eigenvalue weighted by molar-refractivity contribution is 5.91. The molecule has 3 rings (SSSR count). The van der Waals surface area contributed by atoms with Crippen molar-refractivity contribution in [1.29, 1.82) is 0 Å². The van der Waals surface area contributed by atoms with E-state index in [9.17, 15) is 4.79 Å². The Hall–Kier alpha value is -2.13. The zero-order valence-corrected chi connectivity index (χ0v) is 16.5. The van der Waals surface area contributed by atoms with Crippen LogP contribution in [-0.2, 0) is 11.2 Å². The summed E-state index contributed by atoms with van der Waals surface area (Å²) < 4.78 is 0. The Morgan fingerprint density at radius 2 is 1.63 bits per heavy atom. The fraction of sp³-hybridized carbons (Fsp3) is 0.458. The summed E-state index contributed by atoms with van der Waals surface area (Å²) in [7, 11) is 0. The van der Waals surface area contributed by atoms with Gasteiger partial charge in [-0.3, -0.25) is 4.79 Å². The number of para-hydroxylation sites is 1. The molecule has 1 N–H and O–H groups in total. The summed E-state index contributed by atoms with van der Waals surface area (Å²) in [6, 6.07) is 20.9. The lowest BCUT2D eigenvalue weighted by molar-refractivity contribution is -0.125. The van der Waals surface area contributed by atoms with Crippen LogP contribution in [0.25, 0.3) is 0 Å². The lowest BCUT2D eigenvalue weighted by atomic mass is 9.81. The van der Waals surface area contributed by atoms with Crippen molar-refractivity contribution in [2.45, 2.75) is 51.0 Å². The third-order valence-electron chi connectivity index (χ3n) is 5.72. The van der Waals surface area contributed by atoms with Gasteiger partial charge < -0.3 is 10.2 Å². The van der Waals surface area contributed by atoms with Gasteiger partial charge in [0.15, 0.2) is 5.78 Å². The zero-order chi connectivity index (χ0) is 19.0.